The number of hydrogen-bond acceptors (Lipinski definition) is 3. The highest BCUT2D eigenvalue weighted by molar-refractivity contribution is 8.00. The van der Waals surface area contributed by atoms with Gasteiger partial charge in [-0.1, -0.05) is 48.9 Å². The van der Waals surface area contributed by atoms with Gasteiger partial charge in [-0.2, -0.15) is 0 Å². The van der Waals surface area contributed by atoms with E-state index >= 15 is 0 Å². The van der Waals surface area contributed by atoms with Gasteiger partial charge in [-0.15, -0.1) is 11.8 Å². The number of amides is 2. The lowest BCUT2D eigenvalue weighted by atomic mass is 10.1. The number of halogens is 2. The van der Waals surface area contributed by atoms with Gasteiger partial charge in [-0.05, 0) is 54.4 Å². The summed E-state index contributed by atoms with van der Waals surface area (Å²) < 4.78 is 13.8. The van der Waals surface area contributed by atoms with E-state index in [2.05, 4.69) is 10.6 Å². The molecule has 160 valence electrons. The van der Waals surface area contributed by atoms with Crippen molar-refractivity contribution >= 4 is 46.6 Å². The van der Waals surface area contributed by atoms with Gasteiger partial charge in [0.15, 0.2) is 0 Å². The molecule has 3 aromatic carbocycles. The summed E-state index contributed by atoms with van der Waals surface area (Å²) in [6, 6.07) is 20.5. The largest absolute Gasteiger partial charge is 0.326 e. The highest BCUT2D eigenvalue weighted by Gasteiger charge is 2.19. The standard InChI is InChI=1S/C24H22ClFN2O2S/c1-2-22(24(30)28-21-9-4-3-8-20(21)26)31-19-7-5-6-18(15-19)27-23(29)14-16-10-12-17(25)13-11-16/h3-13,15,22H,2,14H2,1H3,(H,27,29)(H,28,30). The number of rotatable bonds is 8. The molecule has 0 aliphatic rings. The fourth-order valence-corrected chi connectivity index (χ4v) is 4.04. The molecule has 0 aliphatic heterocycles. The molecule has 0 bridgehead atoms. The molecule has 3 aromatic rings. The molecule has 2 N–H and O–H groups in total. The summed E-state index contributed by atoms with van der Waals surface area (Å²) in [5.74, 6) is -0.885. The lowest BCUT2D eigenvalue weighted by Crippen LogP contribution is -2.25. The number of benzene rings is 3. The Labute approximate surface area is 190 Å². The van der Waals surface area contributed by atoms with Gasteiger partial charge in [-0.3, -0.25) is 9.59 Å². The quantitative estimate of drug-likeness (QED) is 0.398. The number of para-hydroxylation sites is 1. The van der Waals surface area contributed by atoms with Gasteiger partial charge < -0.3 is 10.6 Å². The number of nitrogens with one attached hydrogen (secondary N) is 2. The van der Waals surface area contributed by atoms with Crippen LogP contribution in [-0.2, 0) is 16.0 Å². The van der Waals surface area contributed by atoms with Crippen LogP contribution in [0.15, 0.2) is 77.7 Å². The summed E-state index contributed by atoms with van der Waals surface area (Å²) in [5.41, 5.74) is 1.67. The first-order chi connectivity index (χ1) is 14.9. The molecule has 0 saturated heterocycles. The van der Waals surface area contributed by atoms with Crippen molar-refractivity contribution in [2.75, 3.05) is 10.6 Å². The van der Waals surface area contributed by atoms with Crippen molar-refractivity contribution in [3.8, 4) is 0 Å². The lowest BCUT2D eigenvalue weighted by molar-refractivity contribution is -0.116. The third kappa shape index (κ3) is 6.84. The molecule has 0 radical (unpaired) electrons. The van der Waals surface area contributed by atoms with E-state index in [0.717, 1.165) is 10.5 Å². The Hall–Kier alpha value is -2.83. The topological polar surface area (TPSA) is 58.2 Å². The monoisotopic (exact) mass is 456 g/mol. The molecule has 3 rings (SSSR count). The first-order valence-electron chi connectivity index (χ1n) is 9.81. The fourth-order valence-electron chi connectivity index (χ4n) is 2.90. The molecule has 0 heterocycles. The molecule has 1 atom stereocenters. The average Bonchev–Trinajstić information content (AvgIpc) is 2.75. The van der Waals surface area contributed by atoms with Crippen molar-refractivity contribution in [1.82, 2.24) is 0 Å². The lowest BCUT2D eigenvalue weighted by Gasteiger charge is -2.16. The second-order valence-corrected chi connectivity index (χ2v) is 8.58. The molecule has 31 heavy (non-hydrogen) atoms. The van der Waals surface area contributed by atoms with E-state index < -0.39 is 11.1 Å². The SMILES string of the molecule is CCC(Sc1cccc(NC(=O)Cc2ccc(Cl)cc2)c1)C(=O)Nc1ccccc1F. The maximum absolute atomic E-state index is 13.8. The van der Waals surface area contributed by atoms with E-state index in [-0.39, 0.29) is 23.9 Å². The summed E-state index contributed by atoms with van der Waals surface area (Å²) in [7, 11) is 0. The van der Waals surface area contributed by atoms with Gasteiger partial charge in [0.2, 0.25) is 11.8 Å². The van der Waals surface area contributed by atoms with Crippen molar-refractivity contribution in [2.24, 2.45) is 0 Å². The number of carbonyl (C=O) groups is 2. The summed E-state index contributed by atoms with van der Waals surface area (Å²) in [4.78, 5) is 25.8. The van der Waals surface area contributed by atoms with Crippen LogP contribution in [0.2, 0.25) is 5.02 Å². The summed E-state index contributed by atoms with van der Waals surface area (Å²) in [6.45, 7) is 1.90. The second-order valence-electron chi connectivity index (χ2n) is 6.86. The van der Waals surface area contributed by atoms with Crippen LogP contribution in [0.1, 0.15) is 18.9 Å². The molecular weight excluding hydrogens is 435 g/mol. The number of carbonyl (C=O) groups excluding carboxylic acids is 2. The third-order valence-corrected chi connectivity index (χ3v) is 6.08. The van der Waals surface area contributed by atoms with Crippen LogP contribution in [0.4, 0.5) is 15.8 Å². The Bertz CT molecular complexity index is 1060. The van der Waals surface area contributed by atoms with E-state index in [9.17, 15) is 14.0 Å². The van der Waals surface area contributed by atoms with Gasteiger partial charge in [0, 0.05) is 15.6 Å². The van der Waals surface area contributed by atoms with Crippen LogP contribution in [-0.4, -0.2) is 17.1 Å². The maximum atomic E-state index is 13.8. The Morgan fingerprint density at radius 2 is 1.74 bits per heavy atom. The molecule has 0 saturated carbocycles. The van der Waals surface area contributed by atoms with E-state index in [0.29, 0.717) is 17.1 Å². The van der Waals surface area contributed by atoms with E-state index in [4.69, 9.17) is 11.6 Å². The highest BCUT2D eigenvalue weighted by atomic mass is 35.5. The van der Waals surface area contributed by atoms with Crippen molar-refractivity contribution < 1.29 is 14.0 Å². The summed E-state index contributed by atoms with van der Waals surface area (Å²) in [6.07, 6.45) is 0.801. The molecule has 2 amide bonds. The second kappa shape index (κ2) is 11.0. The van der Waals surface area contributed by atoms with Crippen LogP contribution in [0.3, 0.4) is 0 Å². The van der Waals surface area contributed by atoms with Crippen LogP contribution < -0.4 is 10.6 Å². The van der Waals surface area contributed by atoms with Crippen LogP contribution in [0.5, 0.6) is 0 Å². The molecule has 4 nitrogen and oxygen atoms in total. The minimum atomic E-state index is -0.471. The predicted octanol–water partition coefficient (Wildman–Crippen LogP) is 6.17. The highest BCUT2D eigenvalue weighted by Crippen LogP contribution is 2.29. The van der Waals surface area contributed by atoms with Gasteiger partial charge >= 0.3 is 0 Å². The zero-order valence-corrected chi connectivity index (χ0v) is 18.5. The van der Waals surface area contributed by atoms with Crippen molar-refractivity contribution in [3.05, 3.63) is 89.2 Å². The molecule has 0 aromatic heterocycles. The van der Waals surface area contributed by atoms with Crippen molar-refractivity contribution in [3.63, 3.8) is 0 Å². The number of anilines is 2. The summed E-state index contributed by atoms with van der Waals surface area (Å²) >= 11 is 7.24. The van der Waals surface area contributed by atoms with Gasteiger partial charge in [-0.25, -0.2) is 4.39 Å². The Morgan fingerprint density at radius 3 is 2.45 bits per heavy atom. The minimum absolute atomic E-state index is 0.145. The van der Waals surface area contributed by atoms with Crippen LogP contribution in [0.25, 0.3) is 0 Å². The van der Waals surface area contributed by atoms with Gasteiger partial charge in [0.1, 0.15) is 5.82 Å². The molecule has 7 heteroatoms. The predicted molar refractivity (Wildman–Crippen MR) is 125 cm³/mol. The zero-order valence-electron chi connectivity index (χ0n) is 16.9. The van der Waals surface area contributed by atoms with E-state index in [1.54, 1.807) is 30.3 Å². The average molecular weight is 457 g/mol. The van der Waals surface area contributed by atoms with E-state index in [1.807, 2.05) is 37.3 Å². The Morgan fingerprint density at radius 1 is 1.00 bits per heavy atom. The fraction of sp³-hybridized carbons (Fsp3) is 0.167. The molecule has 0 spiro atoms. The van der Waals surface area contributed by atoms with Crippen LogP contribution in [0, 0.1) is 5.82 Å². The summed E-state index contributed by atoms with van der Waals surface area (Å²) in [5, 5.41) is 5.74. The first kappa shape index (κ1) is 22.8. The van der Waals surface area contributed by atoms with E-state index in [1.165, 1.54) is 23.9 Å². The minimum Gasteiger partial charge on any atom is -0.326 e. The van der Waals surface area contributed by atoms with Crippen LogP contribution >= 0.6 is 23.4 Å². The maximum Gasteiger partial charge on any atom is 0.237 e. The third-order valence-electron chi connectivity index (χ3n) is 4.47. The smallest absolute Gasteiger partial charge is 0.237 e. The molecule has 0 fully saturated rings. The Kier molecular flexibility index (Phi) is 8.09. The number of hydrogen-bond donors (Lipinski definition) is 2. The van der Waals surface area contributed by atoms with Gasteiger partial charge in [0.05, 0.1) is 17.4 Å². The van der Waals surface area contributed by atoms with Crippen molar-refractivity contribution in [1.29, 1.82) is 0 Å². The number of thioether (sulfide) groups is 1. The van der Waals surface area contributed by atoms with Crippen molar-refractivity contribution in [2.45, 2.75) is 29.9 Å². The van der Waals surface area contributed by atoms with Gasteiger partial charge in [0.25, 0.3) is 0 Å². The molecule has 1 unspecified atom stereocenters. The molecular formula is C24H22ClFN2O2S. The first-order valence-corrected chi connectivity index (χ1v) is 11.1. The molecule has 0 aliphatic carbocycles. The normalized spacial score (nSPS) is 11.6. The Balaban J connectivity index is 1.61. The zero-order chi connectivity index (χ0) is 22.2.